The number of nitrogens with zero attached hydrogens (tertiary/aromatic N) is 1. The highest BCUT2D eigenvalue weighted by Crippen LogP contribution is 2.53. The number of hydrogen-bond acceptors (Lipinski definition) is 5. The topological polar surface area (TPSA) is 98.7 Å². The summed E-state index contributed by atoms with van der Waals surface area (Å²) in [6.07, 6.45) is 2.05. The van der Waals surface area contributed by atoms with E-state index in [9.17, 15) is 19.5 Å². The van der Waals surface area contributed by atoms with Crippen LogP contribution in [0.4, 0.5) is 5.69 Å². The van der Waals surface area contributed by atoms with Crippen LogP contribution >= 0.6 is 15.9 Å². The number of unbranched alkanes of at least 4 members (excludes halogenated alkanes) is 1. The van der Waals surface area contributed by atoms with E-state index in [2.05, 4.69) is 26.6 Å². The van der Waals surface area contributed by atoms with E-state index in [4.69, 9.17) is 0 Å². The Bertz CT molecular complexity index is 1120. The van der Waals surface area contributed by atoms with E-state index in [-0.39, 0.29) is 23.5 Å². The molecule has 7 nitrogen and oxygen atoms in total. The highest BCUT2D eigenvalue weighted by Gasteiger charge is 2.70. The third kappa shape index (κ3) is 3.00. The van der Waals surface area contributed by atoms with Gasteiger partial charge in [0.15, 0.2) is 0 Å². The average molecular weight is 498 g/mol. The van der Waals surface area contributed by atoms with Gasteiger partial charge in [-0.1, -0.05) is 41.4 Å². The third-order valence-corrected chi connectivity index (χ3v) is 7.39. The Labute approximate surface area is 194 Å². The van der Waals surface area contributed by atoms with Gasteiger partial charge in [0.1, 0.15) is 11.3 Å². The van der Waals surface area contributed by atoms with Crippen molar-refractivity contribution in [1.82, 2.24) is 10.2 Å². The number of carbonyl (C=O) groups excluding carboxylic acids is 3. The maximum atomic E-state index is 13.6. The first kappa shape index (κ1) is 21.2. The molecule has 1 spiro atoms. The summed E-state index contributed by atoms with van der Waals surface area (Å²) in [6, 6.07) is 11.9. The number of rotatable bonds is 5. The van der Waals surface area contributed by atoms with Gasteiger partial charge in [-0.3, -0.25) is 24.6 Å². The fraction of sp³-hybridized carbons (Fsp3) is 0.375. The molecule has 0 unspecified atom stereocenters. The van der Waals surface area contributed by atoms with Crippen LogP contribution in [-0.2, 0) is 26.3 Å². The smallest absolute Gasteiger partial charge is 0.250 e. The van der Waals surface area contributed by atoms with Crippen molar-refractivity contribution in [3.8, 4) is 5.75 Å². The first-order chi connectivity index (χ1) is 15.4. The Hall–Kier alpha value is -2.71. The van der Waals surface area contributed by atoms with Gasteiger partial charge in [-0.05, 0) is 48.7 Å². The number of fused-ring (bicyclic) bond motifs is 4. The lowest BCUT2D eigenvalue weighted by Gasteiger charge is -2.29. The molecule has 2 aromatic rings. The molecule has 3 aliphatic heterocycles. The fourth-order valence-corrected chi connectivity index (χ4v) is 5.79. The number of aromatic hydroxyl groups is 1. The average Bonchev–Trinajstić information content (AvgIpc) is 3.34. The molecule has 32 heavy (non-hydrogen) atoms. The second-order valence-electron chi connectivity index (χ2n) is 8.76. The van der Waals surface area contributed by atoms with Gasteiger partial charge in [-0.25, -0.2) is 0 Å². The van der Waals surface area contributed by atoms with Gasteiger partial charge in [0.25, 0.3) is 0 Å². The Morgan fingerprint density at radius 2 is 1.84 bits per heavy atom. The van der Waals surface area contributed by atoms with Crippen LogP contribution in [0.1, 0.15) is 30.9 Å². The molecule has 0 aromatic heterocycles. The van der Waals surface area contributed by atoms with E-state index in [0.29, 0.717) is 24.2 Å². The van der Waals surface area contributed by atoms with Crippen LogP contribution in [0, 0.1) is 11.8 Å². The van der Waals surface area contributed by atoms with Gasteiger partial charge in [0.2, 0.25) is 17.7 Å². The highest BCUT2D eigenvalue weighted by atomic mass is 79.9. The number of carbonyl (C=O) groups is 3. The number of imide groups is 1. The zero-order valence-electron chi connectivity index (χ0n) is 17.6. The normalized spacial score (nSPS) is 28.4. The summed E-state index contributed by atoms with van der Waals surface area (Å²) in [7, 11) is 0. The molecule has 4 atom stereocenters. The number of nitrogens with one attached hydrogen (secondary N) is 2. The number of amides is 3. The number of phenols is 1. The van der Waals surface area contributed by atoms with E-state index in [1.54, 1.807) is 24.3 Å². The molecule has 3 aliphatic rings. The molecule has 8 heteroatoms. The van der Waals surface area contributed by atoms with Crippen LogP contribution in [0.15, 0.2) is 46.9 Å². The van der Waals surface area contributed by atoms with Crippen molar-refractivity contribution in [2.75, 3.05) is 11.9 Å². The number of halogens is 1. The second-order valence-corrected chi connectivity index (χ2v) is 9.67. The highest BCUT2D eigenvalue weighted by molar-refractivity contribution is 9.10. The monoisotopic (exact) mass is 497 g/mol. The van der Waals surface area contributed by atoms with E-state index in [1.807, 2.05) is 25.1 Å². The van der Waals surface area contributed by atoms with Crippen LogP contribution in [0.5, 0.6) is 5.75 Å². The van der Waals surface area contributed by atoms with Gasteiger partial charge in [-0.15, -0.1) is 0 Å². The van der Waals surface area contributed by atoms with Crippen molar-refractivity contribution in [1.29, 1.82) is 0 Å². The zero-order valence-corrected chi connectivity index (χ0v) is 19.2. The molecule has 2 aromatic carbocycles. The lowest BCUT2D eigenvalue weighted by Crippen LogP contribution is -2.53. The van der Waals surface area contributed by atoms with Crippen molar-refractivity contribution >= 4 is 39.3 Å². The Morgan fingerprint density at radius 3 is 2.56 bits per heavy atom. The molecule has 0 saturated carbocycles. The van der Waals surface area contributed by atoms with Crippen LogP contribution in [0.25, 0.3) is 0 Å². The zero-order chi connectivity index (χ0) is 22.6. The van der Waals surface area contributed by atoms with Crippen molar-refractivity contribution in [2.24, 2.45) is 11.8 Å². The number of hydrogen-bond donors (Lipinski definition) is 3. The Kier molecular flexibility index (Phi) is 5.09. The summed E-state index contributed by atoms with van der Waals surface area (Å²) in [4.78, 5) is 41.8. The standard InChI is InChI=1S/C24H24BrN3O4/c1-2-3-10-28-21(30)19-18(11-13-4-7-15(29)8-5-13)27-24(20(19)22(28)31)16-12-14(25)6-9-17(16)26-23(24)32/h4-9,12,18-20,27,29H,2-3,10-11H2,1H3,(H,26,32)/t18-,19-,20+,24-/m1/s1. The minimum absolute atomic E-state index is 0.161. The SMILES string of the molecule is CCCCN1C(=O)[C@H]2[C@@H](C1=O)[C@@]1(N[C@@H]2Cc2ccc(O)cc2)C(=O)Nc2ccc(Br)cc21. The van der Waals surface area contributed by atoms with Crippen molar-refractivity contribution in [3.05, 3.63) is 58.1 Å². The van der Waals surface area contributed by atoms with E-state index >= 15 is 0 Å². The van der Waals surface area contributed by atoms with Gasteiger partial charge < -0.3 is 10.4 Å². The molecule has 0 aliphatic carbocycles. The summed E-state index contributed by atoms with van der Waals surface area (Å²) >= 11 is 3.48. The molecule has 3 amide bonds. The molecule has 3 N–H and O–H groups in total. The number of benzene rings is 2. The summed E-state index contributed by atoms with van der Waals surface area (Å²) < 4.78 is 0.798. The molecular formula is C24H24BrN3O4. The number of anilines is 1. The minimum atomic E-state index is -1.29. The van der Waals surface area contributed by atoms with E-state index < -0.39 is 23.4 Å². The first-order valence-corrected chi connectivity index (χ1v) is 11.7. The largest absolute Gasteiger partial charge is 0.508 e. The molecule has 166 valence electrons. The second kappa shape index (κ2) is 7.71. The predicted octanol–water partition coefficient (Wildman–Crippen LogP) is 2.92. The fourth-order valence-electron chi connectivity index (χ4n) is 5.43. The summed E-state index contributed by atoms with van der Waals surface area (Å²) in [6.45, 7) is 2.39. The Morgan fingerprint density at radius 1 is 1.09 bits per heavy atom. The summed E-state index contributed by atoms with van der Waals surface area (Å²) in [5.74, 6) is -2.06. The van der Waals surface area contributed by atoms with Gasteiger partial charge >= 0.3 is 0 Å². The van der Waals surface area contributed by atoms with Crippen LogP contribution in [-0.4, -0.2) is 40.3 Å². The van der Waals surface area contributed by atoms with Crippen LogP contribution in [0.3, 0.4) is 0 Å². The Balaban J connectivity index is 1.61. The third-order valence-electron chi connectivity index (χ3n) is 6.90. The molecular weight excluding hydrogens is 474 g/mol. The maximum absolute atomic E-state index is 13.6. The van der Waals surface area contributed by atoms with Crippen molar-refractivity contribution in [2.45, 2.75) is 37.8 Å². The predicted molar refractivity (Wildman–Crippen MR) is 122 cm³/mol. The summed E-state index contributed by atoms with van der Waals surface area (Å²) in [5, 5.41) is 16.0. The quantitative estimate of drug-likeness (QED) is 0.551. The van der Waals surface area contributed by atoms with E-state index in [1.165, 1.54) is 4.90 Å². The minimum Gasteiger partial charge on any atom is -0.508 e. The van der Waals surface area contributed by atoms with Crippen molar-refractivity contribution in [3.63, 3.8) is 0 Å². The van der Waals surface area contributed by atoms with Crippen LogP contribution < -0.4 is 10.6 Å². The number of phenolic OH excluding ortho intramolecular Hbond substituents is 1. The first-order valence-electron chi connectivity index (χ1n) is 10.9. The van der Waals surface area contributed by atoms with E-state index in [0.717, 1.165) is 22.9 Å². The molecule has 0 radical (unpaired) electrons. The van der Waals surface area contributed by atoms with Gasteiger partial charge in [0, 0.05) is 28.3 Å². The van der Waals surface area contributed by atoms with Crippen LogP contribution in [0.2, 0.25) is 0 Å². The number of likely N-dealkylation sites (tertiary alicyclic amines) is 1. The summed E-state index contributed by atoms with van der Waals surface area (Å²) in [5.41, 5.74) is 0.968. The molecule has 2 fully saturated rings. The lowest BCUT2D eigenvalue weighted by atomic mass is 9.76. The molecule has 2 saturated heterocycles. The molecule has 0 bridgehead atoms. The van der Waals surface area contributed by atoms with Crippen molar-refractivity contribution < 1.29 is 19.5 Å². The lowest BCUT2D eigenvalue weighted by molar-refractivity contribution is -0.142. The maximum Gasteiger partial charge on any atom is 0.250 e. The van der Waals surface area contributed by atoms with Gasteiger partial charge in [-0.2, -0.15) is 0 Å². The van der Waals surface area contributed by atoms with Gasteiger partial charge in [0.05, 0.1) is 11.8 Å². The molecule has 3 heterocycles. The molecule has 5 rings (SSSR count).